The van der Waals surface area contributed by atoms with E-state index in [0.29, 0.717) is 5.56 Å². The highest BCUT2D eigenvalue weighted by Crippen LogP contribution is 2.24. The zero-order valence-electron chi connectivity index (χ0n) is 10.4. The maximum Gasteiger partial charge on any atom is 0.184 e. The summed E-state index contributed by atoms with van der Waals surface area (Å²) in [5.41, 5.74) is 2.29. The molecule has 2 aromatic carbocycles. The average molecular weight is 314 g/mol. The first kappa shape index (κ1) is 13.5. The average Bonchev–Trinajstić information content (AvgIpc) is 2.42. The van der Waals surface area contributed by atoms with Gasteiger partial charge in [-0.1, -0.05) is 52.3 Å². The highest BCUT2D eigenvalue weighted by atomic mass is 79.9. The second-order valence-corrected chi connectivity index (χ2v) is 5.21. The molecule has 0 N–H and O–H groups in total. The third-order valence-corrected chi connectivity index (χ3v) is 3.55. The normalized spacial score (nSPS) is 11.6. The molecular formula is C16H12BrNO. The van der Waals surface area contributed by atoms with Crippen LogP contribution in [-0.4, -0.2) is 5.78 Å². The first-order valence-corrected chi connectivity index (χ1v) is 6.67. The minimum Gasteiger partial charge on any atom is -0.292 e. The molecule has 94 valence electrons. The first-order valence-electron chi connectivity index (χ1n) is 5.88. The van der Waals surface area contributed by atoms with Gasteiger partial charge in [-0.2, -0.15) is 5.26 Å². The number of rotatable bonds is 3. The molecule has 0 bridgehead atoms. The van der Waals surface area contributed by atoms with Crippen LogP contribution in [0.15, 0.2) is 53.0 Å². The summed E-state index contributed by atoms with van der Waals surface area (Å²) in [5.74, 6) is -0.910. The largest absolute Gasteiger partial charge is 0.292 e. The van der Waals surface area contributed by atoms with Crippen LogP contribution in [-0.2, 0) is 0 Å². The van der Waals surface area contributed by atoms with Gasteiger partial charge in [-0.3, -0.25) is 4.79 Å². The van der Waals surface area contributed by atoms with Gasteiger partial charge in [0.2, 0.25) is 0 Å². The number of ketones is 1. The maximum absolute atomic E-state index is 12.4. The van der Waals surface area contributed by atoms with E-state index < -0.39 is 5.92 Å². The van der Waals surface area contributed by atoms with E-state index in [4.69, 9.17) is 0 Å². The second kappa shape index (κ2) is 5.81. The van der Waals surface area contributed by atoms with Crippen molar-refractivity contribution in [3.8, 4) is 6.07 Å². The summed E-state index contributed by atoms with van der Waals surface area (Å²) >= 11 is 3.33. The van der Waals surface area contributed by atoms with Crippen molar-refractivity contribution in [2.75, 3.05) is 0 Å². The van der Waals surface area contributed by atoms with Crippen LogP contribution >= 0.6 is 15.9 Å². The number of nitriles is 1. The minimum atomic E-state index is -0.748. The Morgan fingerprint density at radius 3 is 2.37 bits per heavy atom. The lowest BCUT2D eigenvalue weighted by atomic mass is 9.89. The predicted octanol–water partition coefficient (Wildman–Crippen LogP) is 4.25. The fourth-order valence-electron chi connectivity index (χ4n) is 1.96. The van der Waals surface area contributed by atoms with Gasteiger partial charge in [-0.25, -0.2) is 0 Å². The Kier molecular flexibility index (Phi) is 4.13. The summed E-state index contributed by atoms with van der Waals surface area (Å²) < 4.78 is 0.911. The fourth-order valence-corrected chi connectivity index (χ4v) is 2.23. The van der Waals surface area contributed by atoms with E-state index in [2.05, 4.69) is 22.0 Å². The number of nitrogens with zero attached hydrogens (tertiary/aromatic N) is 1. The van der Waals surface area contributed by atoms with E-state index >= 15 is 0 Å². The van der Waals surface area contributed by atoms with Crippen LogP contribution < -0.4 is 0 Å². The number of halogens is 1. The first-order chi connectivity index (χ1) is 9.13. The highest BCUT2D eigenvalue weighted by molar-refractivity contribution is 9.10. The maximum atomic E-state index is 12.4. The number of carbonyl (C=O) groups is 1. The molecule has 3 heteroatoms. The Hall–Kier alpha value is -1.92. The van der Waals surface area contributed by atoms with Crippen LogP contribution in [0.1, 0.15) is 27.4 Å². The van der Waals surface area contributed by atoms with Crippen LogP contribution in [0.3, 0.4) is 0 Å². The smallest absolute Gasteiger partial charge is 0.184 e. The van der Waals surface area contributed by atoms with Crippen LogP contribution in [0.5, 0.6) is 0 Å². The fraction of sp³-hybridized carbons (Fsp3) is 0.125. The van der Waals surface area contributed by atoms with Gasteiger partial charge < -0.3 is 0 Å². The monoisotopic (exact) mass is 313 g/mol. The van der Waals surface area contributed by atoms with Gasteiger partial charge in [-0.05, 0) is 30.2 Å². The molecule has 0 aromatic heterocycles. The molecule has 2 rings (SSSR count). The van der Waals surface area contributed by atoms with Crippen molar-refractivity contribution in [1.82, 2.24) is 0 Å². The van der Waals surface area contributed by atoms with Crippen LogP contribution in [0, 0.1) is 18.3 Å². The SMILES string of the molecule is Cc1ccccc1C(C#N)C(=O)c1ccc(Br)cc1. The molecule has 0 saturated heterocycles. The van der Waals surface area contributed by atoms with Crippen molar-refractivity contribution >= 4 is 21.7 Å². The Balaban J connectivity index is 2.38. The quantitative estimate of drug-likeness (QED) is 0.795. The standard InChI is InChI=1S/C16H12BrNO/c1-11-4-2-3-5-14(11)15(10-18)16(19)12-6-8-13(17)9-7-12/h2-9,15H,1H3. The highest BCUT2D eigenvalue weighted by Gasteiger charge is 2.22. The molecule has 0 aliphatic carbocycles. The number of hydrogen-bond acceptors (Lipinski definition) is 2. The summed E-state index contributed by atoms with van der Waals surface area (Å²) in [4.78, 5) is 12.4. The number of hydrogen-bond donors (Lipinski definition) is 0. The molecule has 0 fully saturated rings. The zero-order valence-corrected chi connectivity index (χ0v) is 12.0. The molecule has 0 aliphatic heterocycles. The van der Waals surface area contributed by atoms with E-state index in [1.54, 1.807) is 24.3 Å². The lowest BCUT2D eigenvalue weighted by Crippen LogP contribution is -2.12. The summed E-state index contributed by atoms with van der Waals surface area (Å²) in [5, 5.41) is 9.31. The van der Waals surface area contributed by atoms with E-state index in [-0.39, 0.29) is 5.78 Å². The topological polar surface area (TPSA) is 40.9 Å². The number of carbonyl (C=O) groups excluding carboxylic acids is 1. The van der Waals surface area contributed by atoms with Crippen LogP contribution in [0.25, 0.3) is 0 Å². The second-order valence-electron chi connectivity index (χ2n) is 4.29. The van der Waals surface area contributed by atoms with Gasteiger partial charge in [0.05, 0.1) is 6.07 Å². The molecule has 2 aromatic rings. The Morgan fingerprint density at radius 1 is 1.16 bits per heavy atom. The molecule has 0 radical (unpaired) electrons. The Labute approximate surface area is 120 Å². The lowest BCUT2D eigenvalue weighted by Gasteiger charge is -2.11. The summed E-state index contributed by atoms with van der Waals surface area (Å²) in [6.07, 6.45) is 0. The van der Waals surface area contributed by atoms with Crippen LogP contribution in [0.4, 0.5) is 0 Å². The van der Waals surface area contributed by atoms with Gasteiger partial charge in [0.15, 0.2) is 5.78 Å². The van der Waals surface area contributed by atoms with Crippen molar-refractivity contribution in [1.29, 1.82) is 5.26 Å². The van der Waals surface area contributed by atoms with E-state index in [1.165, 1.54) is 0 Å². The van der Waals surface area contributed by atoms with E-state index in [1.807, 2.05) is 31.2 Å². The molecular weight excluding hydrogens is 302 g/mol. The lowest BCUT2D eigenvalue weighted by molar-refractivity contribution is 0.0978. The molecule has 1 atom stereocenters. The summed E-state index contributed by atoms with van der Waals surface area (Å²) in [6, 6.07) is 16.7. The number of Topliss-reactive ketones (excluding diaryl/α,β-unsaturated/α-hetero) is 1. The third-order valence-electron chi connectivity index (χ3n) is 3.02. The summed E-state index contributed by atoms with van der Waals surface area (Å²) in [7, 11) is 0. The van der Waals surface area contributed by atoms with E-state index in [9.17, 15) is 10.1 Å². The van der Waals surface area contributed by atoms with Crippen molar-refractivity contribution in [2.45, 2.75) is 12.8 Å². The summed E-state index contributed by atoms with van der Waals surface area (Å²) in [6.45, 7) is 1.91. The molecule has 0 saturated carbocycles. The van der Waals surface area contributed by atoms with Crippen LogP contribution in [0.2, 0.25) is 0 Å². The van der Waals surface area contributed by atoms with Gasteiger partial charge in [-0.15, -0.1) is 0 Å². The molecule has 0 amide bonds. The van der Waals surface area contributed by atoms with Crippen molar-refractivity contribution in [2.24, 2.45) is 0 Å². The molecule has 2 nitrogen and oxygen atoms in total. The van der Waals surface area contributed by atoms with E-state index in [0.717, 1.165) is 15.6 Å². The number of benzene rings is 2. The van der Waals surface area contributed by atoms with Gasteiger partial charge in [0, 0.05) is 10.0 Å². The van der Waals surface area contributed by atoms with Crippen molar-refractivity contribution < 1.29 is 4.79 Å². The van der Waals surface area contributed by atoms with Gasteiger partial charge in [0.1, 0.15) is 5.92 Å². The van der Waals surface area contributed by atoms with Gasteiger partial charge in [0.25, 0.3) is 0 Å². The van der Waals surface area contributed by atoms with Crippen molar-refractivity contribution in [3.05, 3.63) is 69.7 Å². The Bertz CT molecular complexity index is 641. The Morgan fingerprint density at radius 2 is 1.79 bits per heavy atom. The molecule has 0 heterocycles. The molecule has 19 heavy (non-hydrogen) atoms. The molecule has 0 aliphatic rings. The zero-order chi connectivity index (χ0) is 13.8. The molecule has 1 unspecified atom stereocenters. The minimum absolute atomic E-state index is 0.163. The van der Waals surface area contributed by atoms with Gasteiger partial charge >= 0.3 is 0 Å². The molecule has 0 spiro atoms. The third kappa shape index (κ3) is 2.91. The van der Waals surface area contributed by atoms with Crippen molar-refractivity contribution in [3.63, 3.8) is 0 Å². The number of aryl methyl sites for hydroxylation is 1. The predicted molar refractivity (Wildman–Crippen MR) is 78.0 cm³/mol.